The van der Waals surface area contributed by atoms with Gasteiger partial charge in [-0.2, -0.15) is 16.7 Å². The summed E-state index contributed by atoms with van der Waals surface area (Å²) >= 11 is 1.95. The summed E-state index contributed by atoms with van der Waals surface area (Å²) in [5.41, 5.74) is 0. The highest BCUT2D eigenvalue weighted by atomic mass is 32.2. The lowest BCUT2D eigenvalue weighted by molar-refractivity contribution is 0.113. The Morgan fingerprint density at radius 3 is 3.00 bits per heavy atom. The highest BCUT2D eigenvalue weighted by Gasteiger charge is 2.33. The van der Waals surface area contributed by atoms with Gasteiger partial charge in [0.2, 0.25) is 5.89 Å². The minimum atomic E-state index is 0.355. The lowest BCUT2D eigenvalue weighted by Crippen LogP contribution is -2.50. The number of nitrogens with one attached hydrogen (secondary N) is 1. The SMILES string of the molecule is CNC1CSCC1c1nc(CC2CN(C)CCN2C)no1. The van der Waals surface area contributed by atoms with Crippen LogP contribution in [0.4, 0.5) is 0 Å². The van der Waals surface area contributed by atoms with Crippen molar-refractivity contribution in [1.29, 1.82) is 0 Å². The predicted octanol–water partition coefficient (Wildman–Crippen LogP) is 0.276. The lowest BCUT2D eigenvalue weighted by Gasteiger charge is -2.37. The maximum absolute atomic E-state index is 5.54. The molecular formula is C14H25N5OS. The van der Waals surface area contributed by atoms with Crippen molar-refractivity contribution >= 4 is 11.8 Å². The van der Waals surface area contributed by atoms with Gasteiger partial charge in [0.05, 0.1) is 5.92 Å². The summed E-state index contributed by atoms with van der Waals surface area (Å²) in [5, 5.41) is 7.57. The molecule has 0 spiro atoms. The van der Waals surface area contributed by atoms with Gasteiger partial charge in [-0.3, -0.25) is 0 Å². The molecule has 21 heavy (non-hydrogen) atoms. The van der Waals surface area contributed by atoms with E-state index in [1.165, 1.54) is 0 Å². The summed E-state index contributed by atoms with van der Waals surface area (Å²) < 4.78 is 5.54. The number of nitrogens with zero attached hydrogens (tertiary/aromatic N) is 4. The first-order chi connectivity index (χ1) is 10.2. The van der Waals surface area contributed by atoms with Gasteiger partial charge in [-0.25, -0.2) is 0 Å². The number of aromatic nitrogens is 2. The van der Waals surface area contributed by atoms with Crippen molar-refractivity contribution in [2.45, 2.75) is 24.4 Å². The zero-order chi connectivity index (χ0) is 14.8. The minimum Gasteiger partial charge on any atom is -0.339 e. The molecule has 3 atom stereocenters. The average molecular weight is 311 g/mol. The fourth-order valence-corrected chi connectivity index (χ4v) is 4.53. The molecule has 2 aliphatic heterocycles. The molecular weight excluding hydrogens is 286 g/mol. The summed E-state index contributed by atoms with van der Waals surface area (Å²) in [4.78, 5) is 9.44. The Kier molecular flexibility index (Phi) is 4.83. The fourth-order valence-electron chi connectivity index (χ4n) is 3.12. The average Bonchev–Trinajstić information content (AvgIpc) is 3.10. The van der Waals surface area contributed by atoms with Crippen LogP contribution in [0.25, 0.3) is 0 Å². The Balaban J connectivity index is 1.65. The second-order valence-corrected chi connectivity index (χ2v) is 7.26. The van der Waals surface area contributed by atoms with Gasteiger partial charge >= 0.3 is 0 Å². The molecule has 0 saturated carbocycles. The molecule has 0 aromatic carbocycles. The highest BCUT2D eigenvalue weighted by molar-refractivity contribution is 7.99. The third kappa shape index (κ3) is 3.41. The number of piperazine rings is 1. The van der Waals surface area contributed by atoms with Gasteiger partial charge in [-0.15, -0.1) is 0 Å². The van der Waals surface area contributed by atoms with Crippen LogP contribution >= 0.6 is 11.8 Å². The first kappa shape index (κ1) is 15.3. The van der Waals surface area contributed by atoms with E-state index < -0.39 is 0 Å². The largest absolute Gasteiger partial charge is 0.339 e. The first-order valence-electron chi connectivity index (χ1n) is 7.63. The number of hydrogen-bond donors (Lipinski definition) is 1. The second kappa shape index (κ2) is 6.64. The van der Waals surface area contributed by atoms with Gasteiger partial charge in [-0.1, -0.05) is 5.16 Å². The van der Waals surface area contributed by atoms with Crippen LogP contribution in [0.2, 0.25) is 0 Å². The van der Waals surface area contributed by atoms with E-state index in [9.17, 15) is 0 Å². The van der Waals surface area contributed by atoms with E-state index >= 15 is 0 Å². The first-order valence-corrected chi connectivity index (χ1v) is 8.79. The Hall–Kier alpha value is -0.630. The predicted molar refractivity (Wildman–Crippen MR) is 84.8 cm³/mol. The van der Waals surface area contributed by atoms with Crippen molar-refractivity contribution in [2.24, 2.45) is 0 Å². The van der Waals surface area contributed by atoms with E-state index in [1.54, 1.807) is 0 Å². The van der Waals surface area contributed by atoms with Gasteiger partial charge in [0, 0.05) is 49.6 Å². The molecule has 0 amide bonds. The number of rotatable bonds is 4. The highest BCUT2D eigenvalue weighted by Crippen LogP contribution is 2.31. The molecule has 1 N–H and O–H groups in total. The van der Waals surface area contributed by atoms with E-state index in [-0.39, 0.29) is 0 Å². The monoisotopic (exact) mass is 311 g/mol. The summed E-state index contributed by atoms with van der Waals surface area (Å²) in [7, 11) is 6.37. The molecule has 2 aliphatic rings. The fraction of sp³-hybridized carbons (Fsp3) is 0.857. The second-order valence-electron chi connectivity index (χ2n) is 6.19. The summed E-state index contributed by atoms with van der Waals surface area (Å²) in [5.74, 6) is 4.20. The van der Waals surface area contributed by atoms with E-state index in [2.05, 4.69) is 39.4 Å². The molecule has 3 unspecified atom stereocenters. The topological polar surface area (TPSA) is 57.4 Å². The molecule has 2 saturated heterocycles. The van der Waals surface area contributed by atoms with Gasteiger partial charge in [0.1, 0.15) is 0 Å². The van der Waals surface area contributed by atoms with Crippen molar-refractivity contribution in [1.82, 2.24) is 25.3 Å². The van der Waals surface area contributed by atoms with E-state index in [4.69, 9.17) is 4.52 Å². The van der Waals surface area contributed by atoms with Gasteiger partial charge in [-0.05, 0) is 21.1 Å². The Morgan fingerprint density at radius 2 is 2.19 bits per heavy atom. The molecule has 118 valence electrons. The van der Waals surface area contributed by atoms with Crippen molar-refractivity contribution in [2.75, 3.05) is 52.3 Å². The summed E-state index contributed by atoms with van der Waals surface area (Å²) in [6.07, 6.45) is 0.869. The van der Waals surface area contributed by atoms with E-state index in [0.29, 0.717) is 18.0 Å². The van der Waals surface area contributed by atoms with Gasteiger partial charge in [0.15, 0.2) is 5.82 Å². The quantitative estimate of drug-likeness (QED) is 0.857. The maximum Gasteiger partial charge on any atom is 0.232 e. The van der Waals surface area contributed by atoms with Crippen LogP contribution in [-0.2, 0) is 6.42 Å². The molecule has 1 aromatic rings. The molecule has 0 aliphatic carbocycles. The van der Waals surface area contributed by atoms with E-state index in [1.807, 2.05) is 18.8 Å². The molecule has 2 fully saturated rings. The van der Waals surface area contributed by atoms with Crippen LogP contribution in [0.3, 0.4) is 0 Å². The molecule has 3 rings (SSSR count). The Labute approximate surface area is 130 Å². The maximum atomic E-state index is 5.54. The summed E-state index contributed by atoms with van der Waals surface area (Å²) in [6.45, 7) is 3.30. The zero-order valence-corrected chi connectivity index (χ0v) is 13.9. The van der Waals surface area contributed by atoms with E-state index in [0.717, 1.165) is 49.3 Å². The van der Waals surface area contributed by atoms with Gasteiger partial charge in [0.25, 0.3) is 0 Å². The Bertz CT molecular complexity index is 468. The van der Waals surface area contributed by atoms with Crippen LogP contribution < -0.4 is 5.32 Å². The standard InChI is InChI=1S/C14H25N5OS/c1-15-12-9-21-8-11(12)14-16-13(17-20-14)6-10-7-18(2)4-5-19(10)3/h10-12,15H,4-9H2,1-3H3. The van der Waals surface area contributed by atoms with Crippen LogP contribution in [0.15, 0.2) is 4.52 Å². The molecule has 1 aromatic heterocycles. The van der Waals surface area contributed by atoms with Crippen LogP contribution in [0.1, 0.15) is 17.6 Å². The summed E-state index contributed by atoms with van der Waals surface area (Å²) in [6, 6.07) is 0.930. The third-order valence-electron chi connectivity index (χ3n) is 4.65. The molecule has 3 heterocycles. The zero-order valence-electron chi connectivity index (χ0n) is 13.1. The molecule has 6 nitrogen and oxygen atoms in total. The smallest absolute Gasteiger partial charge is 0.232 e. The number of thioether (sulfide) groups is 1. The Morgan fingerprint density at radius 1 is 1.33 bits per heavy atom. The lowest BCUT2D eigenvalue weighted by atomic mass is 10.0. The molecule has 0 bridgehead atoms. The van der Waals surface area contributed by atoms with Crippen molar-refractivity contribution in [3.05, 3.63) is 11.7 Å². The number of hydrogen-bond acceptors (Lipinski definition) is 7. The van der Waals surface area contributed by atoms with Crippen molar-refractivity contribution in [3.8, 4) is 0 Å². The van der Waals surface area contributed by atoms with Crippen molar-refractivity contribution < 1.29 is 4.52 Å². The number of likely N-dealkylation sites (N-methyl/N-ethyl adjacent to an activating group) is 3. The van der Waals surface area contributed by atoms with Crippen LogP contribution in [-0.4, -0.2) is 84.3 Å². The minimum absolute atomic E-state index is 0.355. The van der Waals surface area contributed by atoms with Gasteiger partial charge < -0.3 is 19.6 Å². The molecule has 7 heteroatoms. The molecule has 0 radical (unpaired) electrons. The normalized spacial score (nSPS) is 31.9. The van der Waals surface area contributed by atoms with Crippen LogP contribution in [0, 0.1) is 0 Å². The van der Waals surface area contributed by atoms with Crippen LogP contribution in [0.5, 0.6) is 0 Å². The van der Waals surface area contributed by atoms with Crippen molar-refractivity contribution in [3.63, 3.8) is 0 Å². The third-order valence-corrected chi connectivity index (χ3v) is 5.84.